The molecule has 2 aromatic heterocycles. The predicted octanol–water partition coefficient (Wildman–Crippen LogP) is 3.52. The maximum Gasteiger partial charge on any atom is 0.340 e. The van der Waals surface area contributed by atoms with Crippen molar-refractivity contribution in [1.82, 2.24) is 4.57 Å². The molecule has 0 atom stereocenters. The van der Waals surface area contributed by atoms with Gasteiger partial charge in [-0.1, -0.05) is 0 Å². The number of amides is 2. The Morgan fingerprint density at radius 1 is 1.24 bits per heavy atom. The van der Waals surface area contributed by atoms with Crippen molar-refractivity contribution in [1.29, 1.82) is 0 Å². The van der Waals surface area contributed by atoms with E-state index in [1.165, 1.54) is 11.3 Å². The van der Waals surface area contributed by atoms with Gasteiger partial charge in [0.1, 0.15) is 5.00 Å². The van der Waals surface area contributed by atoms with Crippen molar-refractivity contribution in [3.63, 3.8) is 0 Å². The molecule has 0 radical (unpaired) electrons. The molecule has 0 spiro atoms. The first-order valence-corrected chi connectivity index (χ1v) is 10.6. The van der Waals surface area contributed by atoms with Crippen LogP contribution >= 0.6 is 11.3 Å². The van der Waals surface area contributed by atoms with Crippen LogP contribution < -0.4 is 11.1 Å². The number of carbonyl (C=O) groups excluding carboxylic acids is 3. The molecule has 2 heterocycles. The number of carbonyl (C=O) groups is 3. The van der Waals surface area contributed by atoms with E-state index in [9.17, 15) is 14.4 Å². The van der Waals surface area contributed by atoms with Gasteiger partial charge in [0.15, 0.2) is 6.61 Å². The van der Waals surface area contributed by atoms with Crippen molar-refractivity contribution in [2.24, 2.45) is 5.73 Å². The van der Waals surface area contributed by atoms with Crippen LogP contribution in [0.4, 0.5) is 5.00 Å². The summed E-state index contributed by atoms with van der Waals surface area (Å²) in [6.07, 6.45) is 3.74. The van der Waals surface area contributed by atoms with Gasteiger partial charge in [-0.2, -0.15) is 0 Å². The normalized spacial score (nSPS) is 13.3. The van der Waals surface area contributed by atoms with Crippen molar-refractivity contribution in [3.8, 4) is 0 Å². The molecule has 7 nitrogen and oxygen atoms in total. The van der Waals surface area contributed by atoms with Crippen LogP contribution in [0.25, 0.3) is 0 Å². The van der Waals surface area contributed by atoms with Crippen molar-refractivity contribution in [2.75, 3.05) is 11.9 Å². The lowest BCUT2D eigenvalue weighted by atomic mass is 9.95. The summed E-state index contributed by atoms with van der Waals surface area (Å²) in [5.41, 5.74) is 9.11. The zero-order chi connectivity index (χ0) is 21.3. The van der Waals surface area contributed by atoms with Crippen LogP contribution in [0.3, 0.4) is 0 Å². The van der Waals surface area contributed by atoms with E-state index < -0.39 is 24.4 Å². The van der Waals surface area contributed by atoms with Crippen molar-refractivity contribution < 1.29 is 19.1 Å². The van der Waals surface area contributed by atoms with Gasteiger partial charge in [0.2, 0.25) is 0 Å². The van der Waals surface area contributed by atoms with Gasteiger partial charge in [-0.3, -0.25) is 9.59 Å². The lowest BCUT2D eigenvalue weighted by Gasteiger charge is -2.13. The minimum Gasteiger partial charge on any atom is -0.452 e. The SMILES string of the molecule is Cc1cc(C(=O)OCC(=O)Nc2sc3c(c2C(N)=O)CCCC3)c(C)n1C(C)C. The third-order valence-corrected chi connectivity index (χ3v) is 6.43. The summed E-state index contributed by atoms with van der Waals surface area (Å²) in [5, 5.41) is 3.15. The monoisotopic (exact) mass is 417 g/mol. The summed E-state index contributed by atoms with van der Waals surface area (Å²) in [4.78, 5) is 37.8. The molecule has 0 aliphatic heterocycles. The highest BCUT2D eigenvalue weighted by atomic mass is 32.1. The van der Waals surface area contributed by atoms with E-state index in [1.54, 1.807) is 6.07 Å². The lowest BCUT2D eigenvalue weighted by Crippen LogP contribution is -2.23. The number of nitrogens with two attached hydrogens (primary N) is 1. The van der Waals surface area contributed by atoms with Crippen molar-refractivity contribution in [2.45, 2.75) is 59.4 Å². The Balaban J connectivity index is 1.68. The fraction of sp³-hybridized carbons (Fsp3) is 0.476. The summed E-state index contributed by atoms with van der Waals surface area (Å²) in [7, 11) is 0. The van der Waals surface area contributed by atoms with Crippen LogP contribution in [-0.2, 0) is 22.4 Å². The van der Waals surface area contributed by atoms with Gasteiger partial charge in [0.25, 0.3) is 11.8 Å². The third kappa shape index (κ3) is 4.22. The fourth-order valence-electron chi connectivity index (χ4n) is 4.06. The van der Waals surface area contributed by atoms with Crippen LogP contribution in [-0.4, -0.2) is 29.0 Å². The van der Waals surface area contributed by atoms with Crippen LogP contribution in [0.15, 0.2) is 6.07 Å². The van der Waals surface area contributed by atoms with Crippen LogP contribution in [0.5, 0.6) is 0 Å². The Morgan fingerprint density at radius 3 is 2.55 bits per heavy atom. The van der Waals surface area contributed by atoms with E-state index in [0.29, 0.717) is 16.1 Å². The van der Waals surface area contributed by atoms with Gasteiger partial charge in [-0.05, 0) is 65.0 Å². The topological polar surface area (TPSA) is 103 Å². The van der Waals surface area contributed by atoms with Crippen LogP contribution in [0.2, 0.25) is 0 Å². The largest absolute Gasteiger partial charge is 0.452 e. The second-order valence-electron chi connectivity index (χ2n) is 7.65. The number of aryl methyl sites for hydroxylation is 2. The minimum atomic E-state index is -0.544. The Morgan fingerprint density at radius 2 is 1.93 bits per heavy atom. The molecule has 0 saturated carbocycles. The first-order chi connectivity index (χ1) is 13.7. The van der Waals surface area contributed by atoms with Gasteiger partial charge in [0.05, 0.1) is 11.1 Å². The molecule has 156 valence electrons. The van der Waals surface area contributed by atoms with Gasteiger partial charge in [-0.25, -0.2) is 4.79 Å². The second-order valence-corrected chi connectivity index (χ2v) is 8.76. The van der Waals surface area contributed by atoms with Crippen molar-refractivity contribution >= 4 is 34.1 Å². The summed E-state index contributed by atoms with van der Waals surface area (Å²) in [6.45, 7) is 7.45. The number of ether oxygens (including phenoxy) is 1. The van der Waals surface area contributed by atoms with Gasteiger partial charge >= 0.3 is 5.97 Å². The second kappa shape index (κ2) is 8.41. The molecule has 2 aromatic rings. The van der Waals surface area contributed by atoms with Crippen LogP contribution in [0.1, 0.15) is 75.3 Å². The highest BCUT2D eigenvalue weighted by molar-refractivity contribution is 7.17. The number of primary amides is 1. The number of nitrogens with zero attached hydrogens (tertiary/aromatic N) is 1. The van der Waals surface area contributed by atoms with E-state index >= 15 is 0 Å². The third-order valence-electron chi connectivity index (χ3n) is 5.23. The summed E-state index contributed by atoms with van der Waals surface area (Å²) >= 11 is 1.38. The molecular weight excluding hydrogens is 390 g/mol. The molecule has 8 heteroatoms. The molecular formula is C21H27N3O4S. The van der Waals surface area contributed by atoms with Crippen molar-refractivity contribution in [3.05, 3.63) is 39.0 Å². The molecule has 0 unspecified atom stereocenters. The molecule has 29 heavy (non-hydrogen) atoms. The number of nitrogens with one attached hydrogen (secondary N) is 1. The molecule has 3 rings (SSSR count). The van der Waals surface area contributed by atoms with Gasteiger partial charge in [-0.15, -0.1) is 11.3 Å². The average Bonchev–Trinajstić information content (AvgIpc) is 3.16. The molecule has 0 aromatic carbocycles. The zero-order valence-corrected chi connectivity index (χ0v) is 18.1. The quantitative estimate of drug-likeness (QED) is 0.702. The van der Waals surface area contributed by atoms with E-state index in [-0.39, 0.29) is 6.04 Å². The molecule has 0 saturated heterocycles. The number of esters is 1. The zero-order valence-electron chi connectivity index (χ0n) is 17.3. The Hall–Kier alpha value is -2.61. The summed E-state index contributed by atoms with van der Waals surface area (Å²) in [6, 6.07) is 1.99. The predicted molar refractivity (Wildman–Crippen MR) is 113 cm³/mol. The number of fused-ring (bicyclic) bond motifs is 1. The molecule has 0 fully saturated rings. The minimum absolute atomic E-state index is 0.219. The maximum atomic E-state index is 12.5. The average molecular weight is 418 g/mol. The fourth-order valence-corrected chi connectivity index (χ4v) is 5.38. The van der Waals surface area contributed by atoms with Crippen LogP contribution in [0, 0.1) is 13.8 Å². The number of thiophene rings is 1. The molecule has 0 bridgehead atoms. The summed E-state index contributed by atoms with van der Waals surface area (Å²) < 4.78 is 7.27. The molecule has 3 N–H and O–H groups in total. The first kappa shape index (κ1) is 21.1. The van der Waals surface area contributed by atoms with Gasteiger partial charge in [0, 0.05) is 22.3 Å². The smallest absolute Gasteiger partial charge is 0.340 e. The first-order valence-electron chi connectivity index (χ1n) is 9.80. The molecule has 1 aliphatic carbocycles. The highest BCUT2D eigenvalue weighted by Gasteiger charge is 2.25. The molecule has 2 amide bonds. The van der Waals surface area contributed by atoms with E-state index in [0.717, 1.165) is 47.5 Å². The number of hydrogen-bond acceptors (Lipinski definition) is 5. The van der Waals surface area contributed by atoms with E-state index in [2.05, 4.69) is 5.32 Å². The van der Waals surface area contributed by atoms with E-state index in [4.69, 9.17) is 10.5 Å². The molecule has 1 aliphatic rings. The number of hydrogen-bond donors (Lipinski definition) is 2. The Bertz CT molecular complexity index is 971. The number of rotatable bonds is 6. The lowest BCUT2D eigenvalue weighted by molar-refractivity contribution is -0.119. The summed E-state index contributed by atoms with van der Waals surface area (Å²) in [5.74, 6) is -1.57. The maximum absolute atomic E-state index is 12.5. The highest BCUT2D eigenvalue weighted by Crippen LogP contribution is 2.37. The van der Waals surface area contributed by atoms with Gasteiger partial charge < -0.3 is 20.4 Å². The Labute approximate surface area is 174 Å². The standard InChI is InChI=1S/C21H27N3O4S/c1-11(2)24-12(3)9-15(13(24)4)21(27)28-10-17(25)23-20-18(19(22)26)14-7-5-6-8-16(14)29-20/h9,11H,5-8,10H2,1-4H3,(H2,22,26)(H,23,25). The Kier molecular flexibility index (Phi) is 6.12. The number of aromatic nitrogens is 1. The van der Waals surface area contributed by atoms with E-state index in [1.807, 2.05) is 32.3 Å². The number of anilines is 1.